The lowest BCUT2D eigenvalue weighted by Crippen LogP contribution is -2.27. The summed E-state index contributed by atoms with van der Waals surface area (Å²) in [6.45, 7) is 8.21. The predicted octanol–water partition coefficient (Wildman–Crippen LogP) is 2.18. The van der Waals surface area contributed by atoms with Crippen LogP contribution in [0.3, 0.4) is 0 Å². The minimum Gasteiger partial charge on any atom is -0.396 e. The Bertz CT molecular complexity index is 300. The molecule has 3 N–H and O–H groups in total. The number of rotatable bonds is 1. The monoisotopic (exact) mass is 179 g/mol. The molecule has 3 heteroatoms. The fourth-order valence-corrected chi connectivity index (χ4v) is 1.05. The minimum absolute atomic E-state index is 0.00359. The normalized spacial score (nSPS) is 11.4. The third kappa shape index (κ3) is 2.93. The van der Waals surface area contributed by atoms with E-state index in [4.69, 9.17) is 5.73 Å². The second-order valence-electron chi connectivity index (χ2n) is 4.33. The second kappa shape index (κ2) is 3.24. The van der Waals surface area contributed by atoms with Crippen LogP contribution in [0, 0.1) is 6.92 Å². The van der Waals surface area contributed by atoms with E-state index in [0.29, 0.717) is 5.69 Å². The van der Waals surface area contributed by atoms with Crippen LogP contribution in [0.15, 0.2) is 12.3 Å². The first-order chi connectivity index (χ1) is 5.88. The van der Waals surface area contributed by atoms with Gasteiger partial charge >= 0.3 is 0 Å². The van der Waals surface area contributed by atoms with Gasteiger partial charge < -0.3 is 11.1 Å². The highest BCUT2D eigenvalue weighted by Crippen LogP contribution is 2.19. The maximum atomic E-state index is 5.80. The number of pyridine rings is 1. The van der Waals surface area contributed by atoms with E-state index < -0.39 is 0 Å². The van der Waals surface area contributed by atoms with Gasteiger partial charge in [-0.2, -0.15) is 0 Å². The Kier molecular flexibility index (Phi) is 2.45. The van der Waals surface area contributed by atoms with Crippen molar-refractivity contribution in [3.05, 3.63) is 17.8 Å². The van der Waals surface area contributed by atoms with Gasteiger partial charge in [0.1, 0.15) is 5.82 Å². The SMILES string of the molecule is Cc1cnc(NC(C)(C)C)c(N)c1. The van der Waals surface area contributed by atoms with Crippen LogP contribution in [0.25, 0.3) is 0 Å². The van der Waals surface area contributed by atoms with Crippen LogP contribution in [-0.2, 0) is 0 Å². The molecule has 0 amide bonds. The number of aryl methyl sites for hydroxylation is 1. The molecule has 1 aromatic heterocycles. The average Bonchev–Trinajstić information content (AvgIpc) is 1.93. The van der Waals surface area contributed by atoms with Crippen molar-refractivity contribution >= 4 is 11.5 Å². The van der Waals surface area contributed by atoms with Gasteiger partial charge in [-0.25, -0.2) is 4.98 Å². The van der Waals surface area contributed by atoms with Crippen molar-refractivity contribution in [2.75, 3.05) is 11.1 Å². The van der Waals surface area contributed by atoms with Gasteiger partial charge in [-0.3, -0.25) is 0 Å². The lowest BCUT2D eigenvalue weighted by atomic mass is 10.1. The summed E-state index contributed by atoms with van der Waals surface area (Å²) in [5.41, 5.74) is 7.58. The van der Waals surface area contributed by atoms with E-state index in [1.165, 1.54) is 0 Å². The first-order valence-corrected chi connectivity index (χ1v) is 4.39. The Labute approximate surface area is 79.4 Å². The summed E-state index contributed by atoms with van der Waals surface area (Å²) in [6, 6.07) is 1.92. The molecule has 0 fully saturated rings. The molecule has 3 nitrogen and oxygen atoms in total. The summed E-state index contributed by atoms with van der Waals surface area (Å²) in [7, 11) is 0. The molecular formula is C10H17N3. The zero-order valence-corrected chi connectivity index (χ0v) is 8.68. The van der Waals surface area contributed by atoms with Gasteiger partial charge in [-0.1, -0.05) is 0 Å². The van der Waals surface area contributed by atoms with Crippen molar-refractivity contribution in [2.24, 2.45) is 0 Å². The van der Waals surface area contributed by atoms with E-state index in [-0.39, 0.29) is 5.54 Å². The van der Waals surface area contributed by atoms with E-state index in [9.17, 15) is 0 Å². The number of nitrogens with zero attached hydrogens (tertiary/aromatic N) is 1. The molecule has 0 atom stereocenters. The van der Waals surface area contributed by atoms with Crippen molar-refractivity contribution in [2.45, 2.75) is 33.2 Å². The number of nitrogens with two attached hydrogens (primary N) is 1. The molecule has 1 aromatic rings. The number of nitrogen functional groups attached to an aromatic ring is 1. The smallest absolute Gasteiger partial charge is 0.149 e. The Balaban J connectivity index is 2.90. The fraction of sp³-hybridized carbons (Fsp3) is 0.500. The molecule has 0 aliphatic rings. The Morgan fingerprint density at radius 2 is 2.00 bits per heavy atom. The Hall–Kier alpha value is -1.25. The second-order valence-corrected chi connectivity index (χ2v) is 4.33. The van der Waals surface area contributed by atoms with Crippen LogP contribution >= 0.6 is 0 Å². The van der Waals surface area contributed by atoms with Crippen molar-refractivity contribution in [3.8, 4) is 0 Å². The third-order valence-electron chi connectivity index (χ3n) is 1.55. The summed E-state index contributed by atoms with van der Waals surface area (Å²) in [5, 5.41) is 3.24. The molecule has 0 aliphatic heterocycles. The first kappa shape index (κ1) is 9.84. The number of nitrogens with one attached hydrogen (secondary N) is 1. The van der Waals surface area contributed by atoms with Crippen molar-refractivity contribution < 1.29 is 0 Å². The topological polar surface area (TPSA) is 50.9 Å². The van der Waals surface area contributed by atoms with Gasteiger partial charge in [0.2, 0.25) is 0 Å². The number of hydrogen-bond acceptors (Lipinski definition) is 3. The highest BCUT2D eigenvalue weighted by Gasteiger charge is 2.11. The van der Waals surface area contributed by atoms with Gasteiger partial charge in [-0.05, 0) is 39.3 Å². The van der Waals surface area contributed by atoms with E-state index in [2.05, 4.69) is 31.1 Å². The minimum atomic E-state index is -0.00359. The summed E-state index contributed by atoms with van der Waals surface area (Å²) in [5.74, 6) is 0.762. The van der Waals surface area contributed by atoms with Gasteiger partial charge in [0.15, 0.2) is 0 Å². The summed E-state index contributed by atoms with van der Waals surface area (Å²) in [6.07, 6.45) is 1.81. The predicted molar refractivity (Wildman–Crippen MR) is 56.8 cm³/mol. The third-order valence-corrected chi connectivity index (χ3v) is 1.55. The fourth-order valence-electron chi connectivity index (χ4n) is 1.05. The largest absolute Gasteiger partial charge is 0.396 e. The molecule has 0 spiro atoms. The molecule has 0 aliphatic carbocycles. The molecule has 1 heterocycles. The van der Waals surface area contributed by atoms with Crippen molar-refractivity contribution in [1.29, 1.82) is 0 Å². The van der Waals surface area contributed by atoms with Gasteiger partial charge in [0.05, 0.1) is 5.69 Å². The number of hydrogen-bond donors (Lipinski definition) is 2. The lowest BCUT2D eigenvalue weighted by molar-refractivity contribution is 0.631. The highest BCUT2D eigenvalue weighted by molar-refractivity contribution is 5.62. The lowest BCUT2D eigenvalue weighted by Gasteiger charge is -2.22. The molecule has 72 valence electrons. The van der Waals surface area contributed by atoms with Crippen LogP contribution in [0.4, 0.5) is 11.5 Å². The quantitative estimate of drug-likeness (QED) is 0.694. The standard InChI is InChI=1S/C10H17N3/c1-7-5-8(11)9(12-6-7)13-10(2,3)4/h5-6H,11H2,1-4H3,(H,12,13). The van der Waals surface area contributed by atoms with Crippen LogP contribution in [-0.4, -0.2) is 10.5 Å². The van der Waals surface area contributed by atoms with Crippen molar-refractivity contribution in [3.63, 3.8) is 0 Å². The summed E-state index contributed by atoms with van der Waals surface area (Å²) in [4.78, 5) is 4.23. The molecule has 0 bridgehead atoms. The van der Waals surface area contributed by atoms with Gasteiger partial charge in [0, 0.05) is 11.7 Å². The molecule has 1 rings (SSSR count). The van der Waals surface area contributed by atoms with E-state index in [0.717, 1.165) is 11.4 Å². The zero-order chi connectivity index (χ0) is 10.1. The molecule has 0 radical (unpaired) electrons. The van der Waals surface area contributed by atoms with E-state index in [1.807, 2.05) is 19.2 Å². The average molecular weight is 179 g/mol. The van der Waals surface area contributed by atoms with Crippen LogP contribution < -0.4 is 11.1 Å². The van der Waals surface area contributed by atoms with E-state index in [1.54, 1.807) is 0 Å². The van der Waals surface area contributed by atoms with E-state index >= 15 is 0 Å². The molecular weight excluding hydrogens is 162 g/mol. The number of aromatic nitrogens is 1. The van der Waals surface area contributed by atoms with Crippen LogP contribution in [0.1, 0.15) is 26.3 Å². The molecule has 0 saturated carbocycles. The highest BCUT2D eigenvalue weighted by atomic mass is 15.1. The summed E-state index contributed by atoms with van der Waals surface area (Å²) < 4.78 is 0. The molecule has 0 unspecified atom stereocenters. The summed E-state index contributed by atoms with van der Waals surface area (Å²) >= 11 is 0. The first-order valence-electron chi connectivity index (χ1n) is 4.39. The molecule has 0 saturated heterocycles. The Morgan fingerprint density at radius 3 is 2.46 bits per heavy atom. The van der Waals surface area contributed by atoms with Crippen molar-refractivity contribution in [1.82, 2.24) is 4.98 Å². The zero-order valence-electron chi connectivity index (χ0n) is 8.68. The maximum Gasteiger partial charge on any atom is 0.149 e. The van der Waals surface area contributed by atoms with Crippen LogP contribution in [0.2, 0.25) is 0 Å². The molecule has 13 heavy (non-hydrogen) atoms. The maximum absolute atomic E-state index is 5.80. The molecule has 0 aromatic carbocycles. The number of anilines is 2. The van der Waals surface area contributed by atoms with Gasteiger partial charge in [0.25, 0.3) is 0 Å². The van der Waals surface area contributed by atoms with Crippen LogP contribution in [0.5, 0.6) is 0 Å². The van der Waals surface area contributed by atoms with Gasteiger partial charge in [-0.15, -0.1) is 0 Å². The Morgan fingerprint density at radius 1 is 1.38 bits per heavy atom.